The van der Waals surface area contributed by atoms with Crippen molar-refractivity contribution in [3.63, 3.8) is 0 Å². The summed E-state index contributed by atoms with van der Waals surface area (Å²) >= 11 is 0. The van der Waals surface area contributed by atoms with Crippen LogP contribution < -0.4 is 5.73 Å². The smallest absolute Gasteiger partial charge is 0.288 e. The summed E-state index contributed by atoms with van der Waals surface area (Å²) in [5.41, 5.74) is 6.44. The van der Waals surface area contributed by atoms with Crippen molar-refractivity contribution in [2.45, 2.75) is 25.3 Å². The average Bonchev–Trinajstić information content (AvgIpc) is 2.83. The number of carbonyl (C=O) groups is 1. The molecule has 1 atom stereocenters. The highest BCUT2D eigenvalue weighted by molar-refractivity contribution is 5.88. The van der Waals surface area contributed by atoms with Crippen LogP contribution in [0.2, 0.25) is 0 Å². The van der Waals surface area contributed by atoms with Crippen LogP contribution in [0.1, 0.15) is 40.8 Å². The Kier molecular flexibility index (Phi) is 2.59. The van der Waals surface area contributed by atoms with Gasteiger partial charge in [0.2, 0.25) is 5.82 Å². The van der Waals surface area contributed by atoms with Gasteiger partial charge in [0, 0.05) is 12.5 Å². The van der Waals surface area contributed by atoms with Gasteiger partial charge in [-0.1, -0.05) is 30.3 Å². The van der Waals surface area contributed by atoms with E-state index in [1.54, 1.807) is 4.68 Å². The molecule has 0 fully saturated rings. The number of hydrogen-bond donors (Lipinski definition) is 1. The molecular formula is C13H14N4O. The van der Waals surface area contributed by atoms with Crippen molar-refractivity contribution in [3.05, 3.63) is 47.5 Å². The normalized spacial score (nSPS) is 18.3. The topological polar surface area (TPSA) is 73.8 Å². The monoisotopic (exact) mass is 242 g/mol. The van der Waals surface area contributed by atoms with Crippen LogP contribution in [-0.2, 0) is 6.54 Å². The van der Waals surface area contributed by atoms with E-state index in [1.165, 1.54) is 5.56 Å². The predicted octanol–water partition coefficient (Wildman–Crippen LogP) is 1.30. The maximum Gasteiger partial charge on any atom is 0.288 e. The largest absolute Gasteiger partial charge is 0.363 e. The van der Waals surface area contributed by atoms with Gasteiger partial charge in [-0.3, -0.25) is 4.79 Å². The third kappa shape index (κ3) is 1.77. The molecule has 2 N–H and O–H groups in total. The number of nitrogens with two attached hydrogens (primary N) is 1. The van der Waals surface area contributed by atoms with Crippen molar-refractivity contribution in [1.82, 2.24) is 14.8 Å². The Morgan fingerprint density at radius 3 is 2.83 bits per heavy atom. The first-order valence-electron chi connectivity index (χ1n) is 6.05. The Bertz CT molecular complexity index is 576. The van der Waals surface area contributed by atoms with E-state index in [9.17, 15) is 4.79 Å². The highest BCUT2D eigenvalue weighted by Crippen LogP contribution is 2.31. The molecule has 0 aliphatic carbocycles. The molecule has 1 aromatic heterocycles. The zero-order valence-electron chi connectivity index (χ0n) is 9.91. The van der Waals surface area contributed by atoms with Gasteiger partial charge >= 0.3 is 0 Å². The van der Waals surface area contributed by atoms with E-state index in [2.05, 4.69) is 22.2 Å². The van der Waals surface area contributed by atoms with E-state index in [-0.39, 0.29) is 11.7 Å². The lowest BCUT2D eigenvalue weighted by molar-refractivity contribution is 0.0990. The predicted molar refractivity (Wildman–Crippen MR) is 66.1 cm³/mol. The molecule has 18 heavy (non-hydrogen) atoms. The third-order valence-corrected chi connectivity index (χ3v) is 3.30. The molecule has 1 aliphatic rings. The second-order valence-electron chi connectivity index (χ2n) is 4.49. The highest BCUT2D eigenvalue weighted by atomic mass is 16.1. The van der Waals surface area contributed by atoms with Gasteiger partial charge in [-0.25, -0.2) is 9.67 Å². The maximum atomic E-state index is 11.1. The lowest BCUT2D eigenvalue weighted by Crippen LogP contribution is -2.17. The summed E-state index contributed by atoms with van der Waals surface area (Å²) in [6.45, 7) is 0.805. The Hall–Kier alpha value is -2.17. The van der Waals surface area contributed by atoms with Crippen LogP contribution in [0.25, 0.3) is 0 Å². The number of carbonyl (C=O) groups excluding carboxylic acids is 1. The Labute approximate surface area is 105 Å². The fourth-order valence-electron chi connectivity index (χ4n) is 2.46. The van der Waals surface area contributed by atoms with E-state index in [0.717, 1.165) is 25.2 Å². The molecule has 2 heterocycles. The lowest BCUT2D eigenvalue weighted by Gasteiger charge is -2.22. The van der Waals surface area contributed by atoms with Crippen LogP contribution in [0.15, 0.2) is 30.3 Å². The molecule has 1 aliphatic heterocycles. The second kappa shape index (κ2) is 4.25. The quantitative estimate of drug-likeness (QED) is 0.862. The van der Waals surface area contributed by atoms with Crippen molar-refractivity contribution < 1.29 is 4.79 Å². The van der Waals surface area contributed by atoms with Crippen molar-refractivity contribution in [1.29, 1.82) is 0 Å². The molecule has 1 aromatic carbocycles. The fourth-order valence-corrected chi connectivity index (χ4v) is 2.46. The van der Waals surface area contributed by atoms with Crippen molar-refractivity contribution >= 4 is 5.91 Å². The number of fused-ring (bicyclic) bond motifs is 1. The number of aromatic nitrogens is 3. The Balaban J connectivity index is 2.04. The molecule has 5 heteroatoms. The first-order valence-corrected chi connectivity index (χ1v) is 6.05. The number of amides is 1. The number of rotatable bonds is 2. The summed E-state index contributed by atoms with van der Waals surface area (Å²) in [5.74, 6) is 0.610. The molecule has 0 spiro atoms. The van der Waals surface area contributed by atoms with E-state index < -0.39 is 5.91 Å². The van der Waals surface area contributed by atoms with Gasteiger partial charge in [-0.2, -0.15) is 0 Å². The standard InChI is InChI=1S/C13H14N4O/c14-11(18)12-15-13-10(7-4-8-17(13)16-12)9-5-2-1-3-6-9/h1-3,5-6,10H,4,7-8H2,(H2,14,18). The minimum atomic E-state index is -0.566. The molecule has 3 rings (SSSR count). The number of nitrogens with zero attached hydrogens (tertiary/aromatic N) is 3. The van der Waals surface area contributed by atoms with Crippen LogP contribution in [-0.4, -0.2) is 20.7 Å². The van der Waals surface area contributed by atoms with Crippen LogP contribution in [0.4, 0.5) is 0 Å². The molecule has 1 unspecified atom stereocenters. The van der Waals surface area contributed by atoms with Gasteiger partial charge in [0.15, 0.2) is 0 Å². The summed E-state index contributed by atoms with van der Waals surface area (Å²) in [6, 6.07) is 10.2. The minimum absolute atomic E-state index is 0.118. The first-order chi connectivity index (χ1) is 8.75. The van der Waals surface area contributed by atoms with Crippen LogP contribution >= 0.6 is 0 Å². The minimum Gasteiger partial charge on any atom is -0.363 e. The molecular weight excluding hydrogens is 228 g/mol. The number of hydrogen-bond acceptors (Lipinski definition) is 3. The molecule has 0 bridgehead atoms. The molecule has 0 radical (unpaired) electrons. The Morgan fingerprint density at radius 1 is 1.33 bits per heavy atom. The third-order valence-electron chi connectivity index (χ3n) is 3.30. The summed E-state index contributed by atoms with van der Waals surface area (Å²) in [5, 5.41) is 4.16. The second-order valence-corrected chi connectivity index (χ2v) is 4.49. The van der Waals surface area contributed by atoms with Gasteiger partial charge in [0.1, 0.15) is 5.82 Å². The first kappa shape index (κ1) is 11.0. The van der Waals surface area contributed by atoms with E-state index >= 15 is 0 Å². The average molecular weight is 242 g/mol. The van der Waals surface area contributed by atoms with Gasteiger partial charge in [0.05, 0.1) is 0 Å². The number of aryl methyl sites for hydroxylation is 1. The van der Waals surface area contributed by atoms with Gasteiger partial charge in [0.25, 0.3) is 5.91 Å². The zero-order chi connectivity index (χ0) is 12.5. The van der Waals surface area contributed by atoms with Crippen LogP contribution in [0.3, 0.4) is 0 Å². The molecule has 1 amide bonds. The summed E-state index contributed by atoms with van der Waals surface area (Å²) in [6.07, 6.45) is 2.06. The zero-order valence-corrected chi connectivity index (χ0v) is 9.91. The lowest BCUT2D eigenvalue weighted by atomic mass is 9.91. The van der Waals surface area contributed by atoms with Crippen molar-refractivity contribution in [2.75, 3.05) is 0 Å². The van der Waals surface area contributed by atoms with Crippen molar-refractivity contribution in [3.8, 4) is 0 Å². The van der Waals surface area contributed by atoms with Gasteiger partial charge in [-0.15, -0.1) is 5.10 Å². The van der Waals surface area contributed by atoms with Gasteiger partial charge in [-0.05, 0) is 18.4 Å². The van der Waals surface area contributed by atoms with E-state index in [1.807, 2.05) is 18.2 Å². The Morgan fingerprint density at radius 2 is 2.11 bits per heavy atom. The highest BCUT2D eigenvalue weighted by Gasteiger charge is 2.26. The molecule has 0 saturated heterocycles. The fraction of sp³-hybridized carbons (Fsp3) is 0.308. The van der Waals surface area contributed by atoms with Gasteiger partial charge < -0.3 is 5.73 Å². The molecule has 2 aromatic rings. The van der Waals surface area contributed by atoms with Crippen LogP contribution in [0.5, 0.6) is 0 Å². The van der Waals surface area contributed by atoms with Crippen molar-refractivity contribution in [2.24, 2.45) is 5.73 Å². The summed E-state index contributed by atoms with van der Waals surface area (Å²) < 4.78 is 1.81. The van der Waals surface area contributed by atoms with Crippen LogP contribution in [0, 0.1) is 0 Å². The number of benzene rings is 1. The maximum absolute atomic E-state index is 11.1. The number of primary amides is 1. The molecule has 0 saturated carbocycles. The van der Waals surface area contributed by atoms with E-state index in [0.29, 0.717) is 0 Å². The SMILES string of the molecule is NC(=O)c1nc2n(n1)CCCC2c1ccccc1. The summed E-state index contributed by atoms with van der Waals surface area (Å²) in [4.78, 5) is 15.4. The summed E-state index contributed by atoms with van der Waals surface area (Å²) in [7, 11) is 0. The molecule has 92 valence electrons. The van der Waals surface area contributed by atoms with E-state index in [4.69, 9.17) is 5.73 Å². The molecule has 5 nitrogen and oxygen atoms in total.